The van der Waals surface area contributed by atoms with Crippen LogP contribution in [0.4, 0.5) is 0 Å². The maximum absolute atomic E-state index is 5.26. The lowest BCUT2D eigenvalue weighted by Gasteiger charge is -1.97. The molecule has 0 amide bonds. The van der Waals surface area contributed by atoms with Crippen molar-refractivity contribution in [1.29, 1.82) is 0 Å². The molecule has 11 heterocycles. The first kappa shape index (κ1) is 75.0. The number of aryl methyl sites for hydroxylation is 10. The second-order valence-corrected chi connectivity index (χ2v) is 26.4. The molecule has 0 aliphatic heterocycles. The second-order valence-electron chi connectivity index (χ2n) is 25.2. The highest BCUT2D eigenvalue weighted by atomic mass is 32.1. The summed E-state index contributed by atoms with van der Waals surface area (Å²) in [6, 6.07) is 93.5. The molecule has 11 aromatic heterocycles. The number of pyridine rings is 7. The second kappa shape index (κ2) is 37.8. The third-order valence-electron chi connectivity index (χ3n) is 16.7. The molecule has 0 saturated heterocycles. The van der Waals surface area contributed by atoms with E-state index in [1.54, 1.807) is 11.3 Å². The summed E-state index contributed by atoms with van der Waals surface area (Å²) in [6.07, 6.45) is 15.2. The third-order valence-corrected chi connectivity index (χ3v) is 17.7. The number of imidazole rings is 1. The minimum Gasteiger partial charge on any atom is -0.441 e. The van der Waals surface area contributed by atoms with E-state index in [2.05, 4.69) is 167 Å². The highest BCUT2D eigenvalue weighted by Crippen LogP contribution is 2.22. The van der Waals surface area contributed by atoms with Crippen LogP contribution in [0.25, 0.3) is 103 Å². The summed E-state index contributed by atoms with van der Waals surface area (Å²) in [7, 11) is 0. The summed E-state index contributed by atoms with van der Waals surface area (Å²) in [6.45, 7) is 20.0. The molecule has 0 unspecified atom stereocenters. The van der Waals surface area contributed by atoms with Crippen LogP contribution in [0.2, 0.25) is 0 Å². The third kappa shape index (κ3) is 21.9. The van der Waals surface area contributed by atoms with E-state index in [9.17, 15) is 0 Å². The lowest BCUT2D eigenvalue weighted by Crippen LogP contribution is -1.86. The molecule has 0 fully saturated rings. The Balaban J connectivity index is 0.000000118. The van der Waals surface area contributed by atoms with Gasteiger partial charge in [0.1, 0.15) is 17.0 Å². The molecule has 0 radical (unpaired) electrons. The van der Waals surface area contributed by atoms with E-state index >= 15 is 0 Å². The van der Waals surface area contributed by atoms with Crippen molar-refractivity contribution in [3.8, 4) is 0 Å². The number of fused-ring (bicyclic) bond motifs is 10. The fourth-order valence-electron chi connectivity index (χ4n) is 11.4. The van der Waals surface area contributed by atoms with E-state index in [0.29, 0.717) is 0 Å². The SMILES string of the molecule is Cc1cc2ccccc2cn1.Cc1ccc2ccccc2n1.Cc1cccc2cccnc12.Cc1ccnc2ccccc12.Cc1cn2ccccc2n1.Cc1cnc2ccccc2c1.Cc1nc2ccccc2o1.Cc1nc2ccccc2s1.Cc1ncc2ccccc2n1.Cc1nccc2ccccc12. The smallest absolute Gasteiger partial charge is 0.192 e. The predicted octanol–water partition coefficient (Wildman–Crippen LogP) is 23.6. The highest BCUT2D eigenvalue weighted by Gasteiger charge is 2.02. The van der Waals surface area contributed by atoms with Gasteiger partial charge in [-0.3, -0.25) is 29.9 Å². The van der Waals surface area contributed by atoms with Crippen molar-refractivity contribution in [1.82, 2.24) is 59.2 Å². The zero-order valence-corrected chi connectivity index (χ0v) is 62.7. The molecular formula is C93H84N12OS. The molecule has 0 aliphatic rings. The number of para-hydroxylation sites is 8. The van der Waals surface area contributed by atoms with Crippen molar-refractivity contribution in [2.45, 2.75) is 69.2 Å². The molecule has 20 aromatic rings. The summed E-state index contributed by atoms with van der Waals surface area (Å²) in [5.74, 6) is 1.55. The molecule has 528 valence electrons. The fourth-order valence-corrected chi connectivity index (χ4v) is 12.2. The lowest BCUT2D eigenvalue weighted by atomic mass is 10.1. The zero-order valence-electron chi connectivity index (χ0n) is 61.9. The van der Waals surface area contributed by atoms with Gasteiger partial charge in [-0.1, -0.05) is 182 Å². The van der Waals surface area contributed by atoms with E-state index in [0.717, 1.165) is 94.7 Å². The Morgan fingerprint density at radius 2 is 0.925 bits per heavy atom. The molecular weight excluding hydrogens is 1330 g/mol. The normalized spacial score (nSPS) is 10.3. The first-order valence-corrected chi connectivity index (χ1v) is 36.1. The maximum atomic E-state index is 5.26. The van der Waals surface area contributed by atoms with Crippen molar-refractivity contribution in [2.75, 3.05) is 0 Å². The van der Waals surface area contributed by atoms with Crippen LogP contribution in [0.5, 0.6) is 0 Å². The van der Waals surface area contributed by atoms with Crippen LogP contribution < -0.4 is 0 Å². The van der Waals surface area contributed by atoms with Gasteiger partial charge in [-0.25, -0.2) is 24.9 Å². The summed E-state index contributed by atoms with van der Waals surface area (Å²) >= 11 is 1.74. The topological polar surface area (TPSA) is 159 Å². The van der Waals surface area contributed by atoms with Gasteiger partial charge < -0.3 is 8.82 Å². The zero-order chi connectivity index (χ0) is 74.7. The number of benzene rings is 9. The van der Waals surface area contributed by atoms with Gasteiger partial charge in [0.2, 0.25) is 0 Å². The van der Waals surface area contributed by atoms with Gasteiger partial charge in [-0.15, -0.1) is 11.3 Å². The van der Waals surface area contributed by atoms with Gasteiger partial charge in [0, 0.05) is 111 Å². The molecule has 13 nitrogen and oxygen atoms in total. The van der Waals surface area contributed by atoms with Crippen LogP contribution in [0.1, 0.15) is 56.2 Å². The quantitative estimate of drug-likeness (QED) is 0.142. The van der Waals surface area contributed by atoms with Gasteiger partial charge in [-0.2, -0.15) is 0 Å². The van der Waals surface area contributed by atoms with Crippen molar-refractivity contribution in [3.63, 3.8) is 0 Å². The van der Waals surface area contributed by atoms with Crippen molar-refractivity contribution in [2.24, 2.45) is 0 Å². The van der Waals surface area contributed by atoms with Crippen LogP contribution in [0.15, 0.2) is 333 Å². The number of hydrogen-bond donors (Lipinski definition) is 0. The molecule has 0 saturated carbocycles. The van der Waals surface area contributed by atoms with Crippen LogP contribution in [0.3, 0.4) is 0 Å². The van der Waals surface area contributed by atoms with Gasteiger partial charge in [-0.05, 0) is 187 Å². The highest BCUT2D eigenvalue weighted by molar-refractivity contribution is 7.18. The first-order chi connectivity index (χ1) is 52.2. The van der Waals surface area contributed by atoms with E-state index in [-0.39, 0.29) is 0 Å². The van der Waals surface area contributed by atoms with Gasteiger partial charge >= 0.3 is 0 Å². The molecule has 0 aliphatic carbocycles. The molecule has 20 rings (SSSR count). The lowest BCUT2D eigenvalue weighted by molar-refractivity contribution is 0.561. The number of thiazole rings is 1. The Morgan fingerprint density at radius 3 is 1.66 bits per heavy atom. The van der Waals surface area contributed by atoms with Gasteiger partial charge in [0.15, 0.2) is 11.5 Å². The standard InChI is InChI=1S/6C10H9N.C9H8N2.C8H8N2.C8H7NO.C8H7NS/c1-8-4-2-5-9-6-3-7-11-10(8)9;1-8-6-9-4-2-3-5-10(9)7-11-8;1-8-6-9-4-2-3-5-10(9)11-7-8;1-8-10-5-3-2-4-9(10)6-7-11-8;1-8-6-7-11-10-5-3-2-4-9(8)10;1-8-6-7-9-4-2-3-5-10(9)11-8;1-7-10-6-8-4-2-3-5-9(8)11-7;1-7-6-10-5-3-2-4-8(10)9-7;2*1-6-9-7-4-2-3-5-8(7)10-6/h6*2-7H,1H3;2-6H,1H3;2-6H,1H3;2*2-5H,1H3. The van der Waals surface area contributed by atoms with Gasteiger partial charge in [0.25, 0.3) is 0 Å². The number of rotatable bonds is 0. The van der Waals surface area contributed by atoms with E-state index in [1.165, 1.54) is 64.5 Å². The van der Waals surface area contributed by atoms with Crippen LogP contribution >= 0.6 is 11.3 Å². The first-order valence-electron chi connectivity index (χ1n) is 35.3. The van der Waals surface area contributed by atoms with Crippen molar-refractivity contribution < 1.29 is 4.42 Å². The predicted molar refractivity (Wildman–Crippen MR) is 446 cm³/mol. The Bertz CT molecular complexity index is 5430. The Kier molecular flexibility index (Phi) is 26.5. The Hall–Kier alpha value is -13.2. The average molecular weight is 1420 g/mol. The van der Waals surface area contributed by atoms with Crippen LogP contribution in [-0.2, 0) is 0 Å². The number of aromatic nitrogens is 12. The number of nitrogens with zero attached hydrogens (tertiary/aromatic N) is 12. The Labute approximate surface area is 628 Å². The van der Waals surface area contributed by atoms with E-state index < -0.39 is 0 Å². The molecule has 14 heteroatoms. The largest absolute Gasteiger partial charge is 0.441 e. The molecule has 0 bridgehead atoms. The van der Waals surface area contributed by atoms with Crippen molar-refractivity contribution in [3.05, 3.63) is 385 Å². The van der Waals surface area contributed by atoms with Gasteiger partial charge in [0.05, 0.1) is 48.5 Å². The maximum Gasteiger partial charge on any atom is 0.192 e. The number of oxazole rings is 1. The minimum absolute atomic E-state index is 0.723. The molecule has 107 heavy (non-hydrogen) atoms. The van der Waals surface area contributed by atoms with Crippen LogP contribution in [0, 0.1) is 69.2 Å². The Morgan fingerprint density at radius 1 is 0.318 bits per heavy atom. The minimum atomic E-state index is 0.723. The van der Waals surface area contributed by atoms with E-state index in [1.807, 2.05) is 290 Å². The molecule has 0 N–H and O–H groups in total. The molecule has 0 atom stereocenters. The fraction of sp³-hybridized carbons (Fsp3) is 0.108. The monoisotopic (exact) mass is 1420 g/mol. The number of hydrogen-bond acceptors (Lipinski definition) is 13. The van der Waals surface area contributed by atoms with Crippen LogP contribution in [-0.4, -0.2) is 59.2 Å². The average Bonchev–Trinajstić information content (AvgIpc) is 1.85. The molecule has 9 aromatic carbocycles. The summed E-state index contributed by atoms with van der Waals surface area (Å²) in [5, 5.41) is 12.1. The van der Waals surface area contributed by atoms with E-state index in [4.69, 9.17) is 4.42 Å². The summed E-state index contributed by atoms with van der Waals surface area (Å²) < 4.78 is 8.54. The summed E-state index contributed by atoms with van der Waals surface area (Å²) in [4.78, 5) is 46.7. The van der Waals surface area contributed by atoms with Crippen molar-refractivity contribution >= 4 is 114 Å². The molecule has 0 spiro atoms. The summed E-state index contributed by atoms with van der Waals surface area (Å²) in [5.41, 5.74) is 17.3.